The zero-order valence-corrected chi connectivity index (χ0v) is 14.6. The van der Waals surface area contributed by atoms with E-state index in [0.29, 0.717) is 16.7 Å². The van der Waals surface area contributed by atoms with Crippen molar-refractivity contribution in [1.29, 1.82) is 0 Å². The van der Waals surface area contributed by atoms with Gasteiger partial charge in [-0.3, -0.25) is 14.4 Å². The van der Waals surface area contributed by atoms with Crippen molar-refractivity contribution in [3.05, 3.63) is 52.1 Å². The van der Waals surface area contributed by atoms with E-state index in [1.165, 1.54) is 12.2 Å². The van der Waals surface area contributed by atoms with E-state index in [-0.39, 0.29) is 17.0 Å². The van der Waals surface area contributed by atoms with Crippen molar-refractivity contribution in [2.75, 3.05) is 0 Å². The van der Waals surface area contributed by atoms with E-state index < -0.39 is 23.0 Å². The number of hydrogen-bond donors (Lipinski definition) is 1. The summed E-state index contributed by atoms with van der Waals surface area (Å²) in [6.07, 6.45) is 4.32. The van der Waals surface area contributed by atoms with Gasteiger partial charge in [-0.15, -0.1) is 0 Å². The van der Waals surface area contributed by atoms with Gasteiger partial charge in [0.25, 0.3) is 0 Å². The molecule has 1 aromatic carbocycles. The van der Waals surface area contributed by atoms with Crippen LogP contribution in [0.15, 0.2) is 29.9 Å². The maximum atomic E-state index is 12.6. The number of fused-ring (bicyclic) bond motifs is 1. The molecule has 0 atom stereocenters. The summed E-state index contributed by atoms with van der Waals surface area (Å²) in [6.45, 7) is 8.54. The molecule has 1 aliphatic rings. The summed E-state index contributed by atoms with van der Waals surface area (Å²) in [7, 11) is 0. The minimum absolute atomic E-state index is 0.0647. The van der Waals surface area contributed by atoms with Crippen LogP contribution in [0, 0.1) is 12.8 Å². The zero-order chi connectivity index (χ0) is 18.2. The molecule has 4 nitrogen and oxygen atoms in total. The normalized spacial score (nSPS) is 15.0. The fraction of sp³-hybridized carbons (Fsp3) is 0.350. The predicted molar refractivity (Wildman–Crippen MR) is 93.1 cm³/mol. The highest BCUT2D eigenvalue weighted by atomic mass is 16.3. The van der Waals surface area contributed by atoms with Crippen LogP contribution >= 0.6 is 0 Å². The number of benzene rings is 1. The summed E-state index contributed by atoms with van der Waals surface area (Å²) in [4.78, 5) is 37.5. The van der Waals surface area contributed by atoms with Gasteiger partial charge < -0.3 is 5.11 Å². The third-order valence-corrected chi connectivity index (χ3v) is 3.96. The van der Waals surface area contributed by atoms with Crippen molar-refractivity contribution >= 4 is 23.4 Å². The standard InChI is InChI=1S/C20H22O4/c1-11(2)14-10-13-7-6-12(3)16(17(13)19(23)18(14)22)15(21)8-9-20(4,5)24/h6-11,24H,1-5H3/b9-8-. The lowest BCUT2D eigenvalue weighted by atomic mass is 9.81. The van der Waals surface area contributed by atoms with Crippen LogP contribution in [0.3, 0.4) is 0 Å². The van der Waals surface area contributed by atoms with Crippen molar-refractivity contribution in [2.24, 2.45) is 5.92 Å². The zero-order valence-electron chi connectivity index (χ0n) is 14.6. The first-order valence-corrected chi connectivity index (χ1v) is 7.93. The molecule has 126 valence electrons. The van der Waals surface area contributed by atoms with Crippen LogP contribution in [0.25, 0.3) is 6.08 Å². The van der Waals surface area contributed by atoms with Crippen molar-refractivity contribution in [2.45, 2.75) is 40.2 Å². The van der Waals surface area contributed by atoms with Crippen molar-refractivity contribution < 1.29 is 19.5 Å². The summed E-state index contributed by atoms with van der Waals surface area (Å²) < 4.78 is 0. The Bertz CT molecular complexity index is 787. The second kappa shape index (κ2) is 6.29. The van der Waals surface area contributed by atoms with Gasteiger partial charge in [-0.25, -0.2) is 0 Å². The monoisotopic (exact) mass is 326 g/mol. The first-order chi connectivity index (χ1) is 11.0. The Morgan fingerprint density at radius 2 is 1.79 bits per heavy atom. The van der Waals surface area contributed by atoms with Gasteiger partial charge >= 0.3 is 0 Å². The van der Waals surface area contributed by atoms with Gasteiger partial charge in [-0.05, 0) is 56.0 Å². The molecule has 0 unspecified atom stereocenters. The molecule has 24 heavy (non-hydrogen) atoms. The second-order valence-corrected chi connectivity index (χ2v) is 6.99. The number of aryl methyl sites for hydroxylation is 1. The summed E-state index contributed by atoms with van der Waals surface area (Å²) >= 11 is 0. The van der Waals surface area contributed by atoms with Gasteiger partial charge in [-0.2, -0.15) is 0 Å². The molecule has 2 rings (SSSR count). The number of hydrogen-bond acceptors (Lipinski definition) is 4. The number of rotatable bonds is 4. The number of ketones is 3. The molecular weight excluding hydrogens is 304 g/mol. The molecule has 0 aliphatic heterocycles. The molecule has 0 spiro atoms. The molecule has 1 N–H and O–H groups in total. The lowest BCUT2D eigenvalue weighted by molar-refractivity contribution is -0.112. The Labute approximate surface area is 141 Å². The Morgan fingerprint density at radius 1 is 1.17 bits per heavy atom. The lowest BCUT2D eigenvalue weighted by Gasteiger charge is -2.20. The number of Topliss-reactive ketones (excluding diaryl/α,β-unsaturated/α-hetero) is 2. The highest BCUT2D eigenvalue weighted by Gasteiger charge is 2.32. The molecule has 0 aromatic heterocycles. The van der Waals surface area contributed by atoms with Crippen LogP contribution in [0.1, 0.15) is 59.5 Å². The van der Waals surface area contributed by atoms with Crippen molar-refractivity contribution in [3.63, 3.8) is 0 Å². The van der Waals surface area contributed by atoms with Crippen LogP contribution in [0.5, 0.6) is 0 Å². The molecule has 1 aromatic rings. The second-order valence-electron chi connectivity index (χ2n) is 6.99. The Kier molecular flexibility index (Phi) is 4.72. The molecular formula is C20H22O4. The van der Waals surface area contributed by atoms with Gasteiger partial charge in [0.15, 0.2) is 5.78 Å². The van der Waals surface area contributed by atoms with Crippen LogP contribution in [0.2, 0.25) is 0 Å². The molecule has 0 saturated heterocycles. The molecule has 0 bridgehead atoms. The largest absolute Gasteiger partial charge is 0.386 e. The Morgan fingerprint density at radius 3 is 2.33 bits per heavy atom. The average Bonchev–Trinajstić information content (AvgIpc) is 2.47. The molecule has 0 amide bonds. The summed E-state index contributed by atoms with van der Waals surface area (Å²) in [6, 6.07) is 3.52. The fourth-order valence-electron chi connectivity index (χ4n) is 2.67. The average molecular weight is 326 g/mol. The van der Waals surface area contributed by atoms with E-state index in [9.17, 15) is 19.5 Å². The van der Waals surface area contributed by atoms with Gasteiger partial charge in [0.1, 0.15) is 0 Å². The van der Waals surface area contributed by atoms with E-state index in [4.69, 9.17) is 0 Å². The summed E-state index contributed by atoms with van der Waals surface area (Å²) in [5.41, 5.74) is 0.931. The van der Waals surface area contributed by atoms with Gasteiger partial charge in [0, 0.05) is 16.7 Å². The van der Waals surface area contributed by atoms with Crippen molar-refractivity contribution in [3.8, 4) is 0 Å². The molecule has 0 heterocycles. The third kappa shape index (κ3) is 3.44. The molecule has 0 saturated carbocycles. The number of allylic oxidation sites excluding steroid dienone is 2. The number of carbonyl (C=O) groups is 3. The smallest absolute Gasteiger partial charge is 0.234 e. The Balaban J connectivity index is 2.64. The molecule has 4 heteroatoms. The van der Waals surface area contributed by atoms with E-state index in [1.807, 2.05) is 13.8 Å². The first-order valence-electron chi connectivity index (χ1n) is 7.93. The van der Waals surface area contributed by atoms with Crippen LogP contribution in [0.4, 0.5) is 0 Å². The van der Waals surface area contributed by atoms with E-state index >= 15 is 0 Å². The van der Waals surface area contributed by atoms with Crippen LogP contribution in [-0.4, -0.2) is 28.1 Å². The fourth-order valence-corrected chi connectivity index (χ4v) is 2.67. The molecule has 0 fully saturated rings. The lowest BCUT2D eigenvalue weighted by Crippen LogP contribution is -2.26. The number of aliphatic hydroxyl groups is 1. The van der Waals surface area contributed by atoms with Crippen molar-refractivity contribution in [1.82, 2.24) is 0 Å². The maximum absolute atomic E-state index is 12.6. The Hall–Kier alpha value is -2.33. The highest BCUT2D eigenvalue weighted by molar-refractivity contribution is 6.53. The third-order valence-electron chi connectivity index (χ3n) is 3.96. The predicted octanol–water partition coefficient (Wildman–Crippen LogP) is 3.31. The van der Waals surface area contributed by atoms with E-state index in [2.05, 4.69) is 0 Å². The van der Waals surface area contributed by atoms with Crippen LogP contribution < -0.4 is 0 Å². The topological polar surface area (TPSA) is 71.4 Å². The quantitative estimate of drug-likeness (QED) is 0.523. The van der Waals surface area contributed by atoms with Gasteiger partial charge in [0.2, 0.25) is 11.6 Å². The van der Waals surface area contributed by atoms with E-state index in [0.717, 1.165) is 0 Å². The molecule has 0 radical (unpaired) electrons. The minimum Gasteiger partial charge on any atom is -0.386 e. The van der Waals surface area contributed by atoms with E-state index in [1.54, 1.807) is 39.0 Å². The highest BCUT2D eigenvalue weighted by Crippen LogP contribution is 2.30. The summed E-state index contributed by atoms with van der Waals surface area (Å²) in [5.74, 6) is -1.65. The number of carbonyl (C=O) groups excluding carboxylic acids is 3. The van der Waals surface area contributed by atoms with Crippen LogP contribution in [-0.2, 0) is 4.79 Å². The minimum atomic E-state index is -1.14. The van der Waals surface area contributed by atoms with Gasteiger partial charge in [-0.1, -0.05) is 26.0 Å². The maximum Gasteiger partial charge on any atom is 0.234 e. The van der Waals surface area contributed by atoms with Gasteiger partial charge in [0.05, 0.1) is 5.60 Å². The summed E-state index contributed by atoms with van der Waals surface area (Å²) in [5, 5.41) is 9.74. The molecule has 1 aliphatic carbocycles. The first kappa shape index (κ1) is 18.0. The SMILES string of the molecule is Cc1ccc2c(c1C(=O)/C=C\C(C)(C)O)C(=O)C(=O)C(C(C)C)=C2.